The van der Waals surface area contributed by atoms with Crippen LogP contribution in [0.4, 0.5) is 0 Å². The number of rotatable bonds is 3. The van der Waals surface area contributed by atoms with Gasteiger partial charge in [0.2, 0.25) is 6.10 Å². The Morgan fingerprint density at radius 3 is 2.54 bits per heavy atom. The molecule has 3 rings (SSSR count). The lowest BCUT2D eigenvalue weighted by atomic mass is 10.0. The monoisotopic (exact) mass is 324 g/mol. The summed E-state index contributed by atoms with van der Waals surface area (Å²) in [7, 11) is 0. The molecule has 1 aliphatic rings. The van der Waals surface area contributed by atoms with Crippen LogP contribution in [0.25, 0.3) is 0 Å². The van der Waals surface area contributed by atoms with Crippen LogP contribution in [0.15, 0.2) is 41.5 Å². The Kier molecular flexibility index (Phi) is 4.51. The number of nitrogens with one attached hydrogen (secondary N) is 1. The molecule has 0 aromatic heterocycles. The molecule has 1 unspecified atom stereocenters. The summed E-state index contributed by atoms with van der Waals surface area (Å²) in [6.07, 6.45) is 0.955. The fourth-order valence-corrected chi connectivity index (χ4v) is 2.78. The molecule has 1 aliphatic heterocycles. The summed E-state index contributed by atoms with van der Waals surface area (Å²) >= 11 is 0. The van der Waals surface area contributed by atoms with E-state index < -0.39 is 6.10 Å². The van der Waals surface area contributed by atoms with Crippen molar-refractivity contribution in [3.63, 3.8) is 0 Å². The van der Waals surface area contributed by atoms with Gasteiger partial charge in [0, 0.05) is 5.56 Å². The number of hydrogen-bond acceptors (Lipinski definition) is 4. The second-order valence-electron chi connectivity index (χ2n) is 5.91. The third-order valence-corrected chi connectivity index (χ3v) is 3.91. The number of nitrogens with zero attached hydrogens (tertiary/aromatic N) is 1. The zero-order valence-corrected chi connectivity index (χ0v) is 14.0. The molecule has 0 aliphatic carbocycles. The Hall–Kier alpha value is -2.82. The molecule has 1 atom stereocenters. The largest absolute Gasteiger partial charge is 0.485 e. The van der Waals surface area contributed by atoms with E-state index in [4.69, 9.17) is 9.47 Å². The molecule has 0 radical (unpaired) electrons. The molecular weight excluding hydrogens is 304 g/mol. The van der Waals surface area contributed by atoms with Crippen molar-refractivity contribution in [1.82, 2.24) is 5.43 Å². The van der Waals surface area contributed by atoms with Gasteiger partial charge in [-0.2, -0.15) is 5.10 Å². The summed E-state index contributed by atoms with van der Waals surface area (Å²) in [4.78, 5) is 12.2. The first-order chi connectivity index (χ1) is 11.5. The maximum atomic E-state index is 12.2. The van der Waals surface area contributed by atoms with Crippen molar-refractivity contribution in [1.29, 1.82) is 0 Å². The molecular formula is C19H20N2O3. The first-order valence-corrected chi connectivity index (χ1v) is 7.84. The van der Waals surface area contributed by atoms with Gasteiger partial charge in [-0.3, -0.25) is 4.79 Å². The van der Waals surface area contributed by atoms with Crippen molar-refractivity contribution in [2.24, 2.45) is 5.10 Å². The van der Waals surface area contributed by atoms with E-state index >= 15 is 0 Å². The van der Waals surface area contributed by atoms with Crippen molar-refractivity contribution >= 4 is 12.1 Å². The van der Waals surface area contributed by atoms with Crippen LogP contribution < -0.4 is 14.9 Å². The number of benzene rings is 2. The van der Waals surface area contributed by atoms with Crippen LogP contribution in [-0.4, -0.2) is 24.8 Å². The van der Waals surface area contributed by atoms with Gasteiger partial charge in [0.15, 0.2) is 11.5 Å². The van der Waals surface area contributed by atoms with E-state index in [9.17, 15) is 4.79 Å². The summed E-state index contributed by atoms with van der Waals surface area (Å²) in [5.74, 6) is 0.886. The first-order valence-electron chi connectivity index (χ1n) is 7.84. The van der Waals surface area contributed by atoms with Gasteiger partial charge in [-0.25, -0.2) is 5.43 Å². The lowest BCUT2D eigenvalue weighted by molar-refractivity contribution is -0.130. The zero-order chi connectivity index (χ0) is 17.1. The van der Waals surface area contributed by atoms with Crippen LogP contribution in [0.2, 0.25) is 0 Å². The van der Waals surface area contributed by atoms with E-state index in [1.54, 1.807) is 12.3 Å². The summed E-state index contributed by atoms with van der Waals surface area (Å²) < 4.78 is 11.2. The quantitative estimate of drug-likeness (QED) is 0.697. The molecule has 0 saturated heterocycles. The molecule has 0 bridgehead atoms. The van der Waals surface area contributed by atoms with E-state index in [-0.39, 0.29) is 12.5 Å². The van der Waals surface area contributed by atoms with Gasteiger partial charge in [-0.1, -0.05) is 29.8 Å². The fraction of sp³-hybridized carbons (Fsp3) is 0.263. The smallest absolute Gasteiger partial charge is 0.284 e. The molecule has 1 heterocycles. The Bertz CT molecular complexity index is 776. The molecule has 5 nitrogen and oxygen atoms in total. The summed E-state index contributed by atoms with van der Waals surface area (Å²) in [6.45, 7) is 6.28. The fourth-order valence-electron chi connectivity index (χ4n) is 2.78. The van der Waals surface area contributed by atoms with Crippen molar-refractivity contribution in [2.45, 2.75) is 26.9 Å². The number of amides is 1. The van der Waals surface area contributed by atoms with Crippen LogP contribution in [-0.2, 0) is 4.79 Å². The van der Waals surface area contributed by atoms with E-state index in [0.717, 1.165) is 16.7 Å². The van der Waals surface area contributed by atoms with Gasteiger partial charge in [0.05, 0.1) is 6.21 Å². The second-order valence-corrected chi connectivity index (χ2v) is 5.91. The average molecular weight is 324 g/mol. The summed E-state index contributed by atoms with van der Waals surface area (Å²) in [5.41, 5.74) is 6.98. The lowest BCUT2D eigenvalue weighted by Crippen LogP contribution is -2.42. The first kappa shape index (κ1) is 16.1. The third-order valence-electron chi connectivity index (χ3n) is 3.91. The highest BCUT2D eigenvalue weighted by atomic mass is 16.6. The third kappa shape index (κ3) is 3.40. The van der Waals surface area contributed by atoms with E-state index in [1.807, 2.05) is 32.0 Å². The molecule has 0 fully saturated rings. The number of hydrogen-bond donors (Lipinski definition) is 1. The average Bonchev–Trinajstić information content (AvgIpc) is 2.56. The van der Waals surface area contributed by atoms with Crippen molar-refractivity contribution < 1.29 is 14.3 Å². The Labute approximate surface area is 141 Å². The van der Waals surface area contributed by atoms with Crippen LogP contribution in [0.5, 0.6) is 11.5 Å². The molecule has 0 spiro atoms. The maximum absolute atomic E-state index is 12.2. The number of carbonyl (C=O) groups excluding carboxylic acids is 1. The van der Waals surface area contributed by atoms with E-state index in [2.05, 4.69) is 29.6 Å². The molecule has 0 saturated carbocycles. The second kappa shape index (κ2) is 6.74. The van der Waals surface area contributed by atoms with E-state index in [0.29, 0.717) is 11.5 Å². The molecule has 5 heteroatoms. The predicted octanol–water partition coefficient (Wildman–Crippen LogP) is 2.90. The van der Waals surface area contributed by atoms with Gasteiger partial charge < -0.3 is 9.47 Å². The summed E-state index contributed by atoms with van der Waals surface area (Å²) in [6, 6.07) is 11.5. The number of fused-ring (bicyclic) bond motifs is 1. The van der Waals surface area contributed by atoms with Gasteiger partial charge in [-0.15, -0.1) is 0 Å². The van der Waals surface area contributed by atoms with Crippen LogP contribution in [0.3, 0.4) is 0 Å². The van der Waals surface area contributed by atoms with Crippen LogP contribution >= 0.6 is 0 Å². The number of ether oxygens (including phenoxy) is 2. The molecule has 2 aromatic rings. The van der Waals surface area contributed by atoms with Gasteiger partial charge in [0.25, 0.3) is 5.91 Å². The highest BCUT2D eigenvalue weighted by Gasteiger charge is 2.26. The SMILES string of the molecule is Cc1cc(C)c(C=NNC(=O)C2COc3ccccc3O2)c(C)c1. The standard InChI is InChI=1S/C19H20N2O3/c1-12-8-13(2)15(14(3)9-12)10-20-21-19(22)18-11-23-16-6-4-5-7-17(16)24-18/h4-10,18H,11H2,1-3H3,(H,21,22). The minimum absolute atomic E-state index is 0.168. The zero-order valence-electron chi connectivity index (χ0n) is 14.0. The molecule has 1 N–H and O–H groups in total. The number of carbonyl (C=O) groups is 1. The van der Waals surface area contributed by atoms with Crippen molar-refractivity contribution in [2.75, 3.05) is 6.61 Å². The minimum atomic E-state index is -0.711. The van der Waals surface area contributed by atoms with E-state index in [1.165, 1.54) is 5.56 Å². The topological polar surface area (TPSA) is 59.9 Å². The predicted molar refractivity (Wildman–Crippen MR) is 92.7 cm³/mol. The number of hydrazone groups is 1. The Balaban J connectivity index is 1.64. The highest BCUT2D eigenvalue weighted by molar-refractivity contribution is 5.87. The van der Waals surface area contributed by atoms with Crippen LogP contribution in [0, 0.1) is 20.8 Å². The molecule has 24 heavy (non-hydrogen) atoms. The molecule has 124 valence electrons. The number of aryl methyl sites for hydroxylation is 3. The maximum Gasteiger partial charge on any atom is 0.284 e. The number of para-hydroxylation sites is 2. The van der Waals surface area contributed by atoms with Crippen molar-refractivity contribution in [3.8, 4) is 11.5 Å². The summed E-state index contributed by atoms with van der Waals surface area (Å²) in [5, 5.41) is 4.06. The Morgan fingerprint density at radius 2 is 1.83 bits per heavy atom. The molecule has 2 aromatic carbocycles. The Morgan fingerprint density at radius 1 is 1.17 bits per heavy atom. The van der Waals surface area contributed by atoms with Crippen LogP contribution in [0.1, 0.15) is 22.3 Å². The van der Waals surface area contributed by atoms with Crippen molar-refractivity contribution in [3.05, 3.63) is 58.7 Å². The minimum Gasteiger partial charge on any atom is -0.485 e. The highest BCUT2D eigenvalue weighted by Crippen LogP contribution is 2.30. The lowest BCUT2D eigenvalue weighted by Gasteiger charge is -2.24. The normalized spacial score (nSPS) is 16.2. The van der Waals surface area contributed by atoms with Gasteiger partial charge in [-0.05, 0) is 44.0 Å². The van der Waals surface area contributed by atoms with Gasteiger partial charge in [0.1, 0.15) is 6.61 Å². The van der Waals surface area contributed by atoms with Gasteiger partial charge >= 0.3 is 0 Å². The molecule has 1 amide bonds.